The van der Waals surface area contributed by atoms with Crippen LogP contribution in [0.3, 0.4) is 0 Å². The summed E-state index contributed by atoms with van der Waals surface area (Å²) in [6, 6.07) is 17.8. The quantitative estimate of drug-likeness (QED) is 0.334. The average Bonchev–Trinajstić information content (AvgIpc) is 3.22. The van der Waals surface area contributed by atoms with E-state index < -0.39 is 28.4 Å². The fourth-order valence-corrected chi connectivity index (χ4v) is 4.60. The number of carbonyl (C=O) groups is 1. The predicted octanol–water partition coefficient (Wildman–Crippen LogP) is 5.34. The number of alkyl halides is 3. The van der Waals surface area contributed by atoms with Crippen LogP contribution in [-0.4, -0.2) is 38.7 Å². The number of anilines is 1. The number of carbonyl (C=O) groups excluding carboxylic acids is 1. The minimum absolute atomic E-state index is 0.192. The SMILES string of the molecule is COC(=O)C(c1cccc(-c2ccccc2OC(F)(F)F)c1)n1ccc2c(NS(C)(=O)=O)cccc21. The zero-order chi connectivity index (χ0) is 26.1. The second-order valence-corrected chi connectivity index (χ2v) is 9.68. The molecule has 0 amide bonds. The third-order valence-corrected chi connectivity index (χ3v) is 5.98. The van der Waals surface area contributed by atoms with Gasteiger partial charge in [0.2, 0.25) is 10.0 Å². The van der Waals surface area contributed by atoms with E-state index in [0.717, 1.165) is 6.26 Å². The van der Waals surface area contributed by atoms with Gasteiger partial charge in [-0.15, -0.1) is 13.2 Å². The molecule has 0 saturated carbocycles. The fourth-order valence-electron chi connectivity index (χ4n) is 4.02. The average molecular weight is 519 g/mol. The third kappa shape index (κ3) is 5.46. The highest BCUT2D eigenvalue weighted by Crippen LogP contribution is 2.36. The molecule has 36 heavy (non-hydrogen) atoms. The molecular formula is C25H21F3N2O5S. The van der Waals surface area contributed by atoms with Gasteiger partial charge in [-0.05, 0) is 41.5 Å². The predicted molar refractivity (Wildman–Crippen MR) is 129 cm³/mol. The van der Waals surface area contributed by atoms with Crippen molar-refractivity contribution in [2.75, 3.05) is 18.1 Å². The maximum Gasteiger partial charge on any atom is 0.573 e. The second-order valence-electron chi connectivity index (χ2n) is 7.93. The molecule has 1 aromatic heterocycles. The number of aromatic nitrogens is 1. The Morgan fingerprint density at radius 2 is 1.72 bits per heavy atom. The van der Waals surface area contributed by atoms with Crippen LogP contribution in [0, 0.1) is 0 Å². The van der Waals surface area contributed by atoms with Gasteiger partial charge in [0.15, 0.2) is 6.04 Å². The molecule has 0 fully saturated rings. The molecule has 11 heteroatoms. The largest absolute Gasteiger partial charge is 0.573 e. The number of para-hydroxylation sites is 1. The first-order chi connectivity index (χ1) is 17.0. The van der Waals surface area contributed by atoms with E-state index in [2.05, 4.69) is 9.46 Å². The van der Waals surface area contributed by atoms with Crippen molar-refractivity contribution in [3.63, 3.8) is 0 Å². The van der Waals surface area contributed by atoms with Crippen LogP contribution in [0.25, 0.3) is 22.0 Å². The van der Waals surface area contributed by atoms with Crippen LogP contribution in [0.15, 0.2) is 79.0 Å². The van der Waals surface area contributed by atoms with Gasteiger partial charge in [-0.2, -0.15) is 0 Å². The number of hydrogen-bond donors (Lipinski definition) is 1. The van der Waals surface area contributed by atoms with E-state index in [1.807, 2.05) is 0 Å². The van der Waals surface area contributed by atoms with Gasteiger partial charge in [0.05, 0.1) is 24.6 Å². The first kappa shape index (κ1) is 25.1. The number of sulfonamides is 1. The van der Waals surface area contributed by atoms with Crippen molar-refractivity contribution >= 4 is 32.6 Å². The van der Waals surface area contributed by atoms with Gasteiger partial charge in [-0.25, -0.2) is 13.2 Å². The number of hydrogen-bond acceptors (Lipinski definition) is 5. The number of methoxy groups -OCH3 is 1. The Hall–Kier alpha value is -3.99. The Labute approximate surface area is 205 Å². The van der Waals surface area contributed by atoms with E-state index in [9.17, 15) is 26.4 Å². The second kappa shape index (κ2) is 9.57. The Balaban J connectivity index is 1.83. The number of fused-ring (bicyclic) bond motifs is 1. The van der Waals surface area contributed by atoms with Crippen LogP contribution in [0.5, 0.6) is 5.75 Å². The molecule has 0 spiro atoms. The van der Waals surface area contributed by atoms with E-state index in [0.29, 0.717) is 27.7 Å². The lowest BCUT2D eigenvalue weighted by atomic mass is 9.98. The van der Waals surface area contributed by atoms with Gasteiger partial charge in [-0.1, -0.05) is 42.5 Å². The molecule has 188 valence electrons. The van der Waals surface area contributed by atoms with Crippen LogP contribution < -0.4 is 9.46 Å². The van der Waals surface area contributed by atoms with Gasteiger partial charge < -0.3 is 14.0 Å². The van der Waals surface area contributed by atoms with Gasteiger partial charge in [0.25, 0.3) is 0 Å². The molecule has 0 aliphatic carbocycles. The Bertz CT molecular complexity index is 1530. The summed E-state index contributed by atoms with van der Waals surface area (Å²) in [5.74, 6) is -0.995. The number of rotatable bonds is 7. The van der Waals surface area contributed by atoms with Crippen molar-refractivity contribution in [2.24, 2.45) is 0 Å². The van der Waals surface area contributed by atoms with Gasteiger partial charge in [0, 0.05) is 17.1 Å². The molecule has 0 radical (unpaired) electrons. The highest BCUT2D eigenvalue weighted by atomic mass is 32.2. The highest BCUT2D eigenvalue weighted by Gasteiger charge is 2.32. The summed E-state index contributed by atoms with van der Waals surface area (Å²) in [4.78, 5) is 12.9. The molecule has 7 nitrogen and oxygen atoms in total. The summed E-state index contributed by atoms with van der Waals surface area (Å²) in [5.41, 5.74) is 1.92. The molecule has 3 aromatic carbocycles. The maximum atomic E-state index is 12.9. The molecule has 0 aliphatic heterocycles. The molecule has 1 unspecified atom stereocenters. The van der Waals surface area contributed by atoms with Crippen molar-refractivity contribution in [3.05, 3.63) is 84.6 Å². The number of ether oxygens (including phenoxy) is 2. The minimum Gasteiger partial charge on any atom is -0.467 e. The zero-order valence-electron chi connectivity index (χ0n) is 19.1. The summed E-state index contributed by atoms with van der Waals surface area (Å²) >= 11 is 0. The Morgan fingerprint density at radius 1 is 1.00 bits per heavy atom. The number of nitrogens with zero attached hydrogens (tertiary/aromatic N) is 1. The first-order valence-electron chi connectivity index (χ1n) is 10.6. The normalized spacial score (nSPS) is 12.8. The Kier molecular flexibility index (Phi) is 6.68. The van der Waals surface area contributed by atoms with Gasteiger partial charge in [0.1, 0.15) is 5.75 Å². The molecule has 0 bridgehead atoms. The third-order valence-electron chi connectivity index (χ3n) is 5.39. The van der Waals surface area contributed by atoms with E-state index in [1.165, 1.54) is 25.3 Å². The monoisotopic (exact) mass is 518 g/mol. The Morgan fingerprint density at radius 3 is 2.42 bits per heavy atom. The van der Waals surface area contributed by atoms with E-state index in [4.69, 9.17) is 4.74 Å². The lowest BCUT2D eigenvalue weighted by Crippen LogP contribution is -2.21. The molecule has 0 saturated heterocycles. The summed E-state index contributed by atoms with van der Waals surface area (Å²) < 4.78 is 75.7. The van der Waals surface area contributed by atoms with E-state index >= 15 is 0 Å². The van der Waals surface area contributed by atoms with E-state index in [1.54, 1.807) is 65.4 Å². The number of esters is 1. The summed E-state index contributed by atoms with van der Waals surface area (Å²) in [6.07, 6.45) is -2.22. The van der Waals surface area contributed by atoms with Crippen LogP contribution in [0.1, 0.15) is 11.6 Å². The number of nitrogens with one attached hydrogen (secondary N) is 1. The lowest BCUT2D eigenvalue weighted by Gasteiger charge is -2.20. The van der Waals surface area contributed by atoms with E-state index in [-0.39, 0.29) is 11.3 Å². The van der Waals surface area contributed by atoms with Crippen molar-refractivity contribution in [1.82, 2.24) is 4.57 Å². The van der Waals surface area contributed by atoms with Crippen LogP contribution in [0.4, 0.5) is 18.9 Å². The summed E-state index contributed by atoms with van der Waals surface area (Å²) in [5, 5.41) is 0.553. The van der Waals surface area contributed by atoms with Crippen molar-refractivity contribution < 1.29 is 35.9 Å². The van der Waals surface area contributed by atoms with Gasteiger partial charge >= 0.3 is 12.3 Å². The number of benzene rings is 3. The highest BCUT2D eigenvalue weighted by molar-refractivity contribution is 7.92. The molecule has 4 rings (SSSR count). The van der Waals surface area contributed by atoms with Crippen molar-refractivity contribution in [1.29, 1.82) is 0 Å². The molecule has 1 N–H and O–H groups in total. The van der Waals surface area contributed by atoms with Gasteiger partial charge in [-0.3, -0.25) is 4.72 Å². The molecule has 1 atom stereocenters. The molecule has 1 heterocycles. The first-order valence-corrected chi connectivity index (χ1v) is 12.5. The van der Waals surface area contributed by atoms with Crippen LogP contribution >= 0.6 is 0 Å². The van der Waals surface area contributed by atoms with Crippen LogP contribution in [-0.2, 0) is 19.6 Å². The molecule has 4 aromatic rings. The van der Waals surface area contributed by atoms with Crippen LogP contribution in [0.2, 0.25) is 0 Å². The minimum atomic E-state index is -4.87. The smallest absolute Gasteiger partial charge is 0.467 e. The number of halogens is 3. The lowest BCUT2D eigenvalue weighted by molar-refractivity contribution is -0.274. The fraction of sp³-hybridized carbons (Fsp3) is 0.160. The maximum absolute atomic E-state index is 12.9. The topological polar surface area (TPSA) is 86.6 Å². The zero-order valence-corrected chi connectivity index (χ0v) is 19.9. The van der Waals surface area contributed by atoms with Crippen molar-refractivity contribution in [2.45, 2.75) is 12.4 Å². The summed E-state index contributed by atoms with van der Waals surface area (Å²) in [6.45, 7) is 0. The molecular weight excluding hydrogens is 497 g/mol. The standard InChI is InChI=1S/C25H21F3N2O5S/c1-34-24(31)23(30-14-13-19-20(29-36(2,32)33)10-6-11-21(19)30)17-8-5-7-16(15-17)18-9-3-4-12-22(18)35-25(26,27)28/h3-15,23,29H,1-2H3. The molecule has 0 aliphatic rings. The summed E-state index contributed by atoms with van der Waals surface area (Å²) in [7, 11) is -2.32. The van der Waals surface area contributed by atoms with Crippen molar-refractivity contribution in [3.8, 4) is 16.9 Å².